The fraction of sp³-hybridized carbons (Fsp3) is 0.481. The third-order valence-corrected chi connectivity index (χ3v) is 6.74. The molecule has 0 saturated carbocycles. The number of nitrogens with one attached hydrogen (secondary N) is 2. The van der Waals surface area contributed by atoms with Crippen molar-refractivity contribution >= 4 is 41.7 Å². The number of aldehydes is 1. The van der Waals surface area contributed by atoms with E-state index in [1.54, 1.807) is 7.05 Å². The number of benzene rings is 1. The molecule has 9 nitrogen and oxygen atoms in total. The fourth-order valence-corrected chi connectivity index (χ4v) is 4.55. The van der Waals surface area contributed by atoms with Crippen molar-refractivity contribution in [2.75, 3.05) is 45.2 Å². The number of hydrogen-bond acceptors (Lipinski definition) is 6. The molecule has 3 rings (SSSR count). The highest BCUT2D eigenvalue weighted by atomic mass is 35.5. The van der Waals surface area contributed by atoms with Crippen molar-refractivity contribution in [1.29, 1.82) is 0 Å². The van der Waals surface area contributed by atoms with Crippen LogP contribution in [-0.4, -0.2) is 74.2 Å². The summed E-state index contributed by atoms with van der Waals surface area (Å²) in [6.07, 6.45) is 1.72. The van der Waals surface area contributed by atoms with E-state index < -0.39 is 17.6 Å². The Labute approximate surface area is 236 Å². The number of amidine groups is 1. The van der Waals surface area contributed by atoms with E-state index in [1.165, 1.54) is 11.3 Å². The van der Waals surface area contributed by atoms with Crippen LogP contribution in [0.5, 0.6) is 0 Å². The Balaban J connectivity index is 1.72. The van der Waals surface area contributed by atoms with Gasteiger partial charge in [0, 0.05) is 20.1 Å². The van der Waals surface area contributed by atoms with Gasteiger partial charge in [-0.3, -0.25) is 9.59 Å². The van der Waals surface area contributed by atoms with E-state index in [4.69, 9.17) is 16.3 Å². The first-order valence-corrected chi connectivity index (χ1v) is 13.3. The van der Waals surface area contributed by atoms with E-state index in [-0.39, 0.29) is 17.3 Å². The van der Waals surface area contributed by atoms with Gasteiger partial charge in [-0.15, -0.1) is 0 Å². The van der Waals surface area contributed by atoms with Crippen LogP contribution in [0.2, 0.25) is 5.02 Å². The van der Waals surface area contributed by atoms with Gasteiger partial charge in [0.15, 0.2) is 6.29 Å². The second kappa shape index (κ2) is 14.4. The number of hydrogen-bond donors (Lipinski definition) is 2. The first-order valence-electron chi connectivity index (χ1n) is 13.0. The van der Waals surface area contributed by atoms with Crippen LogP contribution in [0, 0.1) is 5.92 Å². The predicted molar refractivity (Wildman–Crippen MR) is 149 cm³/mol. The lowest BCUT2D eigenvalue weighted by atomic mass is 10.1. The molecule has 13 heteroatoms. The molecule has 0 bridgehead atoms. The maximum Gasteiger partial charge on any atom is 0.416 e. The molecule has 1 aromatic carbocycles. The van der Waals surface area contributed by atoms with Crippen molar-refractivity contribution in [1.82, 2.24) is 15.3 Å². The average molecular weight is 583 g/mol. The molecule has 2 aliphatic rings. The monoisotopic (exact) mass is 582 g/mol. The Bertz CT molecular complexity index is 1200. The highest BCUT2D eigenvalue weighted by molar-refractivity contribution is 6.33. The number of anilines is 1. The molecule has 0 unspecified atom stereocenters. The summed E-state index contributed by atoms with van der Waals surface area (Å²) in [5.74, 6) is 0.458. The van der Waals surface area contributed by atoms with Crippen LogP contribution in [0.3, 0.4) is 0 Å². The summed E-state index contributed by atoms with van der Waals surface area (Å²) < 4.78 is 44.1. The van der Waals surface area contributed by atoms with Crippen molar-refractivity contribution in [3.8, 4) is 0 Å². The number of amides is 1. The summed E-state index contributed by atoms with van der Waals surface area (Å²) in [5.41, 5.74) is 4.30. The van der Waals surface area contributed by atoms with Crippen molar-refractivity contribution in [3.05, 3.63) is 51.8 Å². The number of hydrazine groups is 1. The van der Waals surface area contributed by atoms with Gasteiger partial charge >= 0.3 is 6.18 Å². The van der Waals surface area contributed by atoms with Crippen molar-refractivity contribution in [3.63, 3.8) is 0 Å². The zero-order valence-electron chi connectivity index (χ0n) is 22.7. The van der Waals surface area contributed by atoms with E-state index in [2.05, 4.69) is 27.7 Å². The lowest BCUT2D eigenvalue weighted by Gasteiger charge is -2.23. The quantitative estimate of drug-likeness (QED) is 0.137. The molecular weight excluding hydrogens is 549 g/mol. The van der Waals surface area contributed by atoms with Crippen molar-refractivity contribution in [2.45, 2.75) is 39.3 Å². The van der Waals surface area contributed by atoms with E-state index in [0.29, 0.717) is 49.2 Å². The number of aliphatic imine (C=N–C) groups is 2. The normalized spacial score (nSPS) is 19.1. The number of ether oxygens (including phenoxy) is 1. The molecule has 0 radical (unpaired) electrons. The van der Waals surface area contributed by atoms with Gasteiger partial charge in [-0.2, -0.15) is 13.2 Å². The molecule has 40 heavy (non-hydrogen) atoms. The van der Waals surface area contributed by atoms with E-state index in [0.717, 1.165) is 49.6 Å². The second-order valence-corrected chi connectivity index (χ2v) is 10.0. The number of nitrogens with zero attached hydrogens (tertiary/aromatic N) is 4. The van der Waals surface area contributed by atoms with E-state index in [9.17, 15) is 22.8 Å². The minimum absolute atomic E-state index is 0.0680. The Hall–Kier alpha value is -3.22. The van der Waals surface area contributed by atoms with Gasteiger partial charge in [0.2, 0.25) is 5.91 Å². The predicted octanol–water partition coefficient (Wildman–Crippen LogP) is 4.67. The van der Waals surface area contributed by atoms with Gasteiger partial charge in [-0.05, 0) is 49.0 Å². The Morgan fingerprint density at radius 1 is 1.35 bits per heavy atom. The average Bonchev–Trinajstić information content (AvgIpc) is 3.34. The molecule has 1 saturated heterocycles. The van der Waals surface area contributed by atoms with Gasteiger partial charge < -0.3 is 20.4 Å². The number of likely N-dealkylation sites (tertiary alicyclic amines) is 1. The summed E-state index contributed by atoms with van der Waals surface area (Å²) in [6, 6.07) is 2.73. The summed E-state index contributed by atoms with van der Waals surface area (Å²) in [4.78, 5) is 35.5. The van der Waals surface area contributed by atoms with Crippen LogP contribution in [0.4, 0.5) is 18.9 Å². The van der Waals surface area contributed by atoms with Crippen LogP contribution >= 0.6 is 11.6 Å². The molecule has 2 heterocycles. The molecule has 0 spiro atoms. The third-order valence-electron chi connectivity index (χ3n) is 6.42. The lowest BCUT2D eigenvalue weighted by molar-refractivity contribution is -0.137. The maximum atomic E-state index is 12.9. The highest BCUT2D eigenvalue weighted by Gasteiger charge is 2.31. The summed E-state index contributed by atoms with van der Waals surface area (Å²) in [6.45, 7) is 6.43. The topological polar surface area (TPSA) is 98.6 Å². The Kier molecular flexibility index (Phi) is 11.3. The zero-order chi connectivity index (χ0) is 29.3. The number of rotatable bonds is 10. The number of carbonyl (C=O) groups excluding carboxylic acids is 2. The summed E-state index contributed by atoms with van der Waals surface area (Å²) in [7, 11) is 1.62. The van der Waals surface area contributed by atoms with Crippen LogP contribution < -0.4 is 10.7 Å². The van der Waals surface area contributed by atoms with Gasteiger partial charge in [0.1, 0.15) is 12.2 Å². The molecule has 218 valence electrons. The molecular formula is C27H34ClF3N6O3. The summed E-state index contributed by atoms with van der Waals surface area (Å²) in [5, 5.41) is 3.78. The van der Waals surface area contributed by atoms with Crippen LogP contribution in [-0.2, 0) is 20.5 Å². The molecule has 1 amide bonds. The molecule has 1 aromatic rings. The Morgan fingerprint density at radius 3 is 2.70 bits per heavy atom. The van der Waals surface area contributed by atoms with Gasteiger partial charge in [-0.25, -0.2) is 15.0 Å². The first-order chi connectivity index (χ1) is 19.0. The van der Waals surface area contributed by atoms with Crippen molar-refractivity contribution < 1.29 is 27.5 Å². The third kappa shape index (κ3) is 8.90. The Morgan fingerprint density at radius 2 is 2.12 bits per heavy atom. The van der Waals surface area contributed by atoms with E-state index >= 15 is 0 Å². The lowest BCUT2D eigenvalue weighted by Crippen LogP contribution is -2.44. The van der Waals surface area contributed by atoms with Crippen LogP contribution in [0.1, 0.15) is 38.7 Å². The van der Waals surface area contributed by atoms with Crippen molar-refractivity contribution in [2.24, 2.45) is 15.9 Å². The minimum atomic E-state index is -4.54. The molecule has 1 atom stereocenters. The molecule has 1 fully saturated rings. The second-order valence-electron chi connectivity index (χ2n) is 9.63. The SMILES string of the molecule is CC/C(N=CN=C(NN(C)CC(=O)Nc1ccc(C(F)(F)F)cc1Cl)C1=CCOCC1)=C(/C=O)N1CC[C@H](C)C1. The number of halogens is 4. The highest BCUT2D eigenvalue weighted by Crippen LogP contribution is 2.33. The largest absolute Gasteiger partial charge is 0.416 e. The summed E-state index contributed by atoms with van der Waals surface area (Å²) >= 11 is 5.95. The molecule has 0 aromatic heterocycles. The van der Waals surface area contributed by atoms with Gasteiger partial charge in [-0.1, -0.05) is 31.5 Å². The molecule has 2 N–H and O–H groups in total. The number of allylic oxidation sites excluding steroid dienone is 2. The number of alkyl halides is 3. The minimum Gasteiger partial charge on any atom is -0.377 e. The van der Waals surface area contributed by atoms with Gasteiger partial charge in [0.25, 0.3) is 0 Å². The smallest absolute Gasteiger partial charge is 0.377 e. The standard InChI is InChI=1S/C27H34ClF3N6O3/c1-4-22(24(16-38)37-10-7-18(2)14-37)32-17-33-26(19-8-11-40-12-9-19)35-36(3)15-25(39)34-23-6-5-20(13-21(23)28)27(29,30)31/h5-6,8,13,16-18H,4,7,9-12,14-15H2,1-3H3,(H,34,39)(H,32,33,35)/b24-22+/t18-/m0/s1. The van der Waals surface area contributed by atoms with E-state index in [1.807, 2.05) is 17.9 Å². The maximum absolute atomic E-state index is 12.9. The fourth-order valence-electron chi connectivity index (χ4n) is 4.32. The van der Waals surface area contributed by atoms with Crippen LogP contribution in [0.25, 0.3) is 0 Å². The first kappa shape index (κ1) is 31.3. The number of carbonyl (C=O) groups is 2. The zero-order valence-corrected chi connectivity index (χ0v) is 23.5. The molecule has 0 aliphatic carbocycles. The van der Waals surface area contributed by atoms with Gasteiger partial charge in [0.05, 0.1) is 47.4 Å². The molecule has 2 aliphatic heterocycles. The van der Waals surface area contributed by atoms with Crippen LogP contribution in [0.15, 0.2) is 51.2 Å². The number of likely N-dealkylation sites (N-methyl/N-ethyl adjacent to an activating group) is 1.